The number of carbonyl (C=O) groups is 1. The van der Waals surface area contributed by atoms with Gasteiger partial charge in [-0.05, 0) is 42.9 Å². The van der Waals surface area contributed by atoms with E-state index in [-0.39, 0.29) is 5.56 Å². The number of rotatable bonds is 4. The number of nitrogens with zero attached hydrogens (tertiary/aromatic N) is 4. The van der Waals surface area contributed by atoms with Gasteiger partial charge in [0.25, 0.3) is 0 Å². The Morgan fingerprint density at radius 2 is 1.85 bits per heavy atom. The number of aromatic carboxylic acids is 1. The van der Waals surface area contributed by atoms with Crippen molar-refractivity contribution in [1.82, 2.24) is 14.5 Å². The molecule has 0 spiro atoms. The van der Waals surface area contributed by atoms with Crippen LogP contribution in [-0.4, -0.2) is 58.3 Å². The highest BCUT2D eigenvalue weighted by Crippen LogP contribution is 2.24. The number of fused-ring (bicyclic) bond motifs is 1. The number of hydrogen-bond acceptors (Lipinski definition) is 4. The zero-order chi connectivity index (χ0) is 18.1. The predicted molar refractivity (Wildman–Crippen MR) is 102 cm³/mol. The Morgan fingerprint density at radius 3 is 2.58 bits per heavy atom. The van der Waals surface area contributed by atoms with Crippen molar-refractivity contribution in [2.75, 3.05) is 37.6 Å². The summed E-state index contributed by atoms with van der Waals surface area (Å²) in [7, 11) is 0. The molecule has 0 saturated carbocycles. The van der Waals surface area contributed by atoms with E-state index in [0.29, 0.717) is 5.52 Å². The minimum Gasteiger partial charge on any atom is -0.478 e. The molecule has 1 aliphatic rings. The molecule has 2 heterocycles. The van der Waals surface area contributed by atoms with Gasteiger partial charge in [0.1, 0.15) is 6.33 Å². The standard InChI is InChI=1S/C20H22N4O2/c1-2-22-8-10-23(11-9-22)16-4-3-5-17(13-16)24-14-21-18-12-15(20(25)26)6-7-19(18)24/h3-7,12-14H,2,8-11H2,1H3,(H,25,26). The van der Waals surface area contributed by atoms with Crippen molar-refractivity contribution in [2.45, 2.75) is 6.92 Å². The molecule has 1 aliphatic heterocycles. The van der Waals surface area contributed by atoms with Gasteiger partial charge in [0.05, 0.1) is 16.6 Å². The van der Waals surface area contributed by atoms with Crippen molar-refractivity contribution in [3.05, 3.63) is 54.4 Å². The summed E-state index contributed by atoms with van der Waals surface area (Å²) in [6, 6.07) is 13.5. The number of piperazine rings is 1. The van der Waals surface area contributed by atoms with Crippen LogP contribution in [0.2, 0.25) is 0 Å². The number of imidazole rings is 1. The van der Waals surface area contributed by atoms with Crippen molar-refractivity contribution in [3.8, 4) is 5.69 Å². The highest BCUT2D eigenvalue weighted by molar-refractivity contribution is 5.92. The minimum absolute atomic E-state index is 0.255. The first kappa shape index (κ1) is 16.6. The van der Waals surface area contributed by atoms with Crippen LogP contribution in [0.5, 0.6) is 0 Å². The van der Waals surface area contributed by atoms with Crippen molar-refractivity contribution >= 4 is 22.7 Å². The number of anilines is 1. The van der Waals surface area contributed by atoms with Crippen LogP contribution in [0.25, 0.3) is 16.7 Å². The maximum atomic E-state index is 11.1. The van der Waals surface area contributed by atoms with Crippen LogP contribution in [-0.2, 0) is 0 Å². The van der Waals surface area contributed by atoms with E-state index in [0.717, 1.165) is 43.9 Å². The van der Waals surface area contributed by atoms with E-state index in [9.17, 15) is 4.79 Å². The molecule has 6 heteroatoms. The molecule has 0 amide bonds. The largest absolute Gasteiger partial charge is 0.478 e. The molecule has 1 saturated heterocycles. The van der Waals surface area contributed by atoms with Gasteiger partial charge in [-0.25, -0.2) is 9.78 Å². The van der Waals surface area contributed by atoms with Gasteiger partial charge in [0, 0.05) is 37.6 Å². The van der Waals surface area contributed by atoms with Gasteiger partial charge in [0.2, 0.25) is 0 Å². The first-order valence-corrected chi connectivity index (χ1v) is 8.94. The second-order valence-corrected chi connectivity index (χ2v) is 6.56. The van der Waals surface area contributed by atoms with E-state index in [2.05, 4.69) is 46.0 Å². The molecule has 6 nitrogen and oxygen atoms in total. The third-order valence-electron chi connectivity index (χ3n) is 5.09. The van der Waals surface area contributed by atoms with Gasteiger partial charge in [-0.2, -0.15) is 0 Å². The van der Waals surface area contributed by atoms with Gasteiger partial charge in [-0.1, -0.05) is 13.0 Å². The maximum Gasteiger partial charge on any atom is 0.335 e. The molecule has 4 rings (SSSR count). The number of carboxylic acid groups (broad SMARTS) is 1. The highest BCUT2D eigenvalue weighted by atomic mass is 16.4. The van der Waals surface area contributed by atoms with Gasteiger partial charge < -0.3 is 14.9 Å². The van der Waals surface area contributed by atoms with Gasteiger partial charge in [-0.3, -0.25) is 4.57 Å². The lowest BCUT2D eigenvalue weighted by molar-refractivity contribution is 0.0697. The molecule has 1 fully saturated rings. The lowest BCUT2D eigenvalue weighted by Gasteiger charge is -2.35. The van der Waals surface area contributed by atoms with Gasteiger partial charge >= 0.3 is 5.97 Å². The van der Waals surface area contributed by atoms with Crippen molar-refractivity contribution < 1.29 is 9.90 Å². The number of benzene rings is 2. The highest BCUT2D eigenvalue weighted by Gasteiger charge is 2.16. The van der Waals surface area contributed by atoms with Crippen LogP contribution in [0.4, 0.5) is 5.69 Å². The minimum atomic E-state index is -0.935. The van der Waals surface area contributed by atoms with Crippen molar-refractivity contribution in [3.63, 3.8) is 0 Å². The number of aromatic nitrogens is 2. The van der Waals surface area contributed by atoms with Crippen LogP contribution in [0.3, 0.4) is 0 Å². The average molecular weight is 350 g/mol. The monoisotopic (exact) mass is 350 g/mol. The first-order valence-electron chi connectivity index (χ1n) is 8.94. The SMILES string of the molecule is CCN1CCN(c2cccc(-n3cnc4cc(C(=O)O)ccc43)c2)CC1. The summed E-state index contributed by atoms with van der Waals surface area (Å²) in [5, 5.41) is 9.14. The lowest BCUT2D eigenvalue weighted by Crippen LogP contribution is -2.46. The van der Waals surface area contributed by atoms with Crippen LogP contribution in [0.1, 0.15) is 17.3 Å². The van der Waals surface area contributed by atoms with E-state index in [4.69, 9.17) is 5.11 Å². The Labute approximate surface area is 152 Å². The normalized spacial score (nSPS) is 15.5. The van der Waals surface area contributed by atoms with Crippen LogP contribution >= 0.6 is 0 Å². The van der Waals surface area contributed by atoms with Crippen LogP contribution in [0, 0.1) is 0 Å². The zero-order valence-electron chi connectivity index (χ0n) is 14.8. The first-order chi connectivity index (χ1) is 12.7. The molecule has 0 unspecified atom stereocenters. The van der Waals surface area contributed by atoms with Crippen LogP contribution < -0.4 is 4.90 Å². The predicted octanol–water partition coefficient (Wildman–Crippen LogP) is 2.87. The van der Waals surface area contributed by atoms with E-state index >= 15 is 0 Å². The lowest BCUT2D eigenvalue weighted by atomic mass is 10.2. The molecule has 0 atom stereocenters. The summed E-state index contributed by atoms with van der Waals surface area (Å²) in [5.41, 5.74) is 4.09. The second kappa shape index (κ2) is 6.80. The quantitative estimate of drug-likeness (QED) is 0.784. The Hall–Kier alpha value is -2.86. The fourth-order valence-electron chi connectivity index (χ4n) is 3.51. The summed E-state index contributed by atoms with van der Waals surface area (Å²) in [4.78, 5) is 20.4. The van der Waals surface area contributed by atoms with E-state index in [1.54, 1.807) is 18.5 Å². The molecular weight excluding hydrogens is 328 g/mol. The summed E-state index contributed by atoms with van der Waals surface area (Å²) in [6.45, 7) is 7.55. The van der Waals surface area contributed by atoms with E-state index < -0.39 is 5.97 Å². The number of likely N-dealkylation sites (N-methyl/N-ethyl adjacent to an activating group) is 1. The Kier molecular flexibility index (Phi) is 4.34. The van der Waals surface area contributed by atoms with Gasteiger partial charge in [-0.15, -0.1) is 0 Å². The van der Waals surface area contributed by atoms with Gasteiger partial charge in [0.15, 0.2) is 0 Å². The number of carboxylic acids is 1. The molecule has 134 valence electrons. The topological polar surface area (TPSA) is 61.6 Å². The summed E-state index contributed by atoms with van der Waals surface area (Å²) in [6.07, 6.45) is 1.75. The molecule has 26 heavy (non-hydrogen) atoms. The zero-order valence-corrected chi connectivity index (χ0v) is 14.8. The number of hydrogen-bond donors (Lipinski definition) is 1. The second-order valence-electron chi connectivity index (χ2n) is 6.56. The van der Waals surface area contributed by atoms with Crippen LogP contribution in [0.15, 0.2) is 48.8 Å². The molecule has 0 radical (unpaired) electrons. The Bertz CT molecular complexity index is 942. The van der Waals surface area contributed by atoms with E-state index in [1.165, 1.54) is 5.69 Å². The Morgan fingerprint density at radius 1 is 1.08 bits per heavy atom. The third kappa shape index (κ3) is 3.04. The van der Waals surface area contributed by atoms with E-state index in [1.807, 2.05) is 10.6 Å². The third-order valence-corrected chi connectivity index (χ3v) is 5.09. The molecule has 0 aliphatic carbocycles. The Balaban J connectivity index is 1.64. The molecule has 2 aromatic carbocycles. The molecule has 3 aromatic rings. The smallest absolute Gasteiger partial charge is 0.335 e. The fraction of sp³-hybridized carbons (Fsp3) is 0.300. The van der Waals surface area contributed by atoms with Crippen molar-refractivity contribution in [2.24, 2.45) is 0 Å². The maximum absolute atomic E-state index is 11.1. The van der Waals surface area contributed by atoms with Crippen molar-refractivity contribution in [1.29, 1.82) is 0 Å². The average Bonchev–Trinajstić information content (AvgIpc) is 3.11. The summed E-state index contributed by atoms with van der Waals surface area (Å²) >= 11 is 0. The summed E-state index contributed by atoms with van der Waals surface area (Å²) in [5.74, 6) is -0.935. The summed E-state index contributed by atoms with van der Waals surface area (Å²) < 4.78 is 2.01. The molecule has 1 N–H and O–H groups in total. The molecule has 0 bridgehead atoms. The fourth-order valence-corrected chi connectivity index (χ4v) is 3.51. The molecule has 1 aromatic heterocycles. The molecular formula is C20H22N4O2.